The Balaban J connectivity index is 2.19. The van der Waals surface area contributed by atoms with E-state index in [9.17, 15) is 0 Å². The Kier molecular flexibility index (Phi) is 10.3. The average Bonchev–Trinajstić information content (AvgIpc) is 2.93. The summed E-state index contributed by atoms with van der Waals surface area (Å²) < 4.78 is 11.0. The summed E-state index contributed by atoms with van der Waals surface area (Å²) in [6, 6.07) is 0.485. The Morgan fingerprint density at radius 1 is 0.952 bits per heavy atom. The van der Waals surface area contributed by atoms with Gasteiger partial charge < -0.3 is 15.2 Å². The second-order valence-electron chi connectivity index (χ2n) is 6.30. The van der Waals surface area contributed by atoms with E-state index in [-0.39, 0.29) is 12.2 Å². The second kappa shape index (κ2) is 11.4. The SMILES string of the molecule is CCCCCCCCCC(CN)N1CC(OC)C(OC)C1. The van der Waals surface area contributed by atoms with Crippen molar-refractivity contribution in [2.75, 3.05) is 33.9 Å². The van der Waals surface area contributed by atoms with E-state index >= 15 is 0 Å². The highest BCUT2D eigenvalue weighted by Gasteiger charge is 2.35. The minimum absolute atomic E-state index is 0.193. The van der Waals surface area contributed by atoms with Crippen LogP contribution in [0.15, 0.2) is 0 Å². The van der Waals surface area contributed by atoms with Gasteiger partial charge >= 0.3 is 0 Å². The van der Waals surface area contributed by atoms with Crippen LogP contribution < -0.4 is 5.73 Å². The van der Waals surface area contributed by atoms with Gasteiger partial charge in [-0.1, -0.05) is 51.9 Å². The summed E-state index contributed by atoms with van der Waals surface area (Å²) in [5.74, 6) is 0. The van der Waals surface area contributed by atoms with Crippen molar-refractivity contribution in [1.82, 2.24) is 4.90 Å². The Labute approximate surface area is 131 Å². The predicted molar refractivity (Wildman–Crippen MR) is 88.6 cm³/mol. The number of methoxy groups -OCH3 is 2. The molecule has 1 heterocycles. The van der Waals surface area contributed by atoms with Crippen molar-refractivity contribution in [1.29, 1.82) is 0 Å². The molecule has 3 unspecified atom stereocenters. The zero-order chi connectivity index (χ0) is 15.5. The lowest BCUT2D eigenvalue weighted by Gasteiger charge is -2.26. The van der Waals surface area contributed by atoms with Gasteiger partial charge in [0.05, 0.1) is 12.2 Å². The van der Waals surface area contributed by atoms with E-state index in [2.05, 4.69) is 11.8 Å². The fraction of sp³-hybridized carbons (Fsp3) is 1.00. The zero-order valence-corrected chi connectivity index (χ0v) is 14.4. The molecule has 1 rings (SSSR count). The number of unbranched alkanes of at least 4 members (excludes halogenated alkanes) is 6. The fourth-order valence-electron chi connectivity index (χ4n) is 3.31. The third-order valence-corrected chi connectivity index (χ3v) is 4.78. The van der Waals surface area contributed by atoms with Crippen molar-refractivity contribution in [2.24, 2.45) is 5.73 Å². The molecular weight excluding hydrogens is 264 g/mol. The van der Waals surface area contributed by atoms with Crippen LogP contribution in [0.2, 0.25) is 0 Å². The van der Waals surface area contributed by atoms with E-state index in [1.165, 1.54) is 51.4 Å². The van der Waals surface area contributed by atoms with Gasteiger partial charge in [0.2, 0.25) is 0 Å². The van der Waals surface area contributed by atoms with Crippen LogP contribution in [0, 0.1) is 0 Å². The van der Waals surface area contributed by atoms with Crippen LogP contribution in [0.1, 0.15) is 58.3 Å². The zero-order valence-electron chi connectivity index (χ0n) is 14.4. The van der Waals surface area contributed by atoms with E-state index in [0.717, 1.165) is 19.6 Å². The van der Waals surface area contributed by atoms with Gasteiger partial charge in [0.25, 0.3) is 0 Å². The molecule has 0 bridgehead atoms. The third-order valence-electron chi connectivity index (χ3n) is 4.78. The lowest BCUT2D eigenvalue weighted by molar-refractivity contribution is -0.00461. The maximum Gasteiger partial charge on any atom is 0.0971 e. The molecule has 0 aromatic rings. The molecule has 0 radical (unpaired) electrons. The summed E-state index contributed by atoms with van der Waals surface area (Å²) in [6.07, 6.45) is 11.1. The number of hydrogen-bond donors (Lipinski definition) is 1. The van der Waals surface area contributed by atoms with Crippen molar-refractivity contribution in [2.45, 2.75) is 76.5 Å². The molecular formula is C17H36N2O2. The summed E-state index contributed by atoms with van der Waals surface area (Å²) >= 11 is 0. The van der Waals surface area contributed by atoms with Gasteiger partial charge in [0.15, 0.2) is 0 Å². The van der Waals surface area contributed by atoms with Gasteiger partial charge in [0, 0.05) is 39.9 Å². The van der Waals surface area contributed by atoms with Gasteiger partial charge in [-0.2, -0.15) is 0 Å². The van der Waals surface area contributed by atoms with Crippen LogP contribution in [-0.4, -0.2) is 57.0 Å². The highest BCUT2D eigenvalue weighted by molar-refractivity contribution is 4.89. The van der Waals surface area contributed by atoms with Crippen molar-refractivity contribution >= 4 is 0 Å². The highest BCUT2D eigenvalue weighted by atomic mass is 16.5. The highest BCUT2D eigenvalue weighted by Crippen LogP contribution is 2.21. The monoisotopic (exact) mass is 300 g/mol. The van der Waals surface area contributed by atoms with E-state index < -0.39 is 0 Å². The van der Waals surface area contributed by atoms with Crippen molar-refractivity contribution < 1.29 is 9.47 Å². The molecule has 126 valence electrons. The quantitative estimate of drug-likeness (QED) is 0.563. The lowest BCUT2D eigenvalue weighted by atomic mass is 10.0. The van der Waals surface area contributed by atoms with Crippen LogP contribution in [0.25, 0.3) is 0 Å². The van der Waals surface area contributed by atoms with Crippen molar-refractivity contribution in [3.63, 3.8) is 0 Å². The van der Waals surface area contributed by atoms with Crippen LogP contribution in [0.3, 0.4) is 0 Å². The molecule has 3 atom stereocenters. The first kappa shape index (κ1) is 18.9. The van der Waals surface area contributed by atoms with Gasteiger partial charge in [-0.05, 0) is 6.42 Å². The molecule has 21 heavy (non-hydrogen) atoms. The molecule has 0 saturated carbocycles. The van der Waals surface area contributed by atoms with Crippen LogP contribution in [0.5, 0.6) is 0 Å². The van der Waals surface area contributed by atoms with E-state index in [4.69, 9.17) is 15.2 Å². The predicted octanol–water partition coefficient (Wildman–Crippen LogP) is 2.80. The molecule has 0 aromatic heterocycles. The number of rotatable bonds is 12. The summed E-state index contributed by atoms with van der Waals surface area (Å²) in [5, 5.41) is 0. The number of ether oxygens (including phenoxy) is 2. The number of hydrogen-bond acceptors (Lipinski definition) is 4. The standard InChI is InChI=1S/C17H36N2O2/c1-4-5-6-7-8-9-10-11-15(12-18)19-13-16(20-2)17(14-19)21-3/h15-17H,4-14,18H2,1-3H3. The Hall–Kier alpha value is -0.160. The molecule has 0 amide bonds. The van der Waals surface area contributed by atoms with Crippen LogP contribution in [0.4, 0.5) is 0 Å². The van der Waals surface area contributed by atoms with Gasteiger partial charge in [0.1, 0.15) is 0 Å². The molecule has 0 aromatic carbocycles. The number of nitrogens with zero attached hydrogens (tertiary/aromatic N) is 1. The Morgan fingerprint density at radius 3 is 1.95 bits per heavy atom. The van der Waals surface area contributed by atoms with Crippen LogP contribution in [-0.2, 0) is 9.47 Å². The normalized spacial score (nSPS) is 24.6. The van der Waals surface area contributed by atoms with Crippen molar-refractivity contribution in [3.05, 3.63) is 0 Å². The Morgan fingerprint density at radius 2 is 1.48 bits per heavy atom. The molecule has 4 nitrogen and oxygen atoms in total. The van der Waals surface area contributed by atoms with Gasteiger partial charge in [-0.15, -0.1) is 0 Å². The van der Waals surface area contributed by atoms with Crippen LogP contribution >= 0.6 is 0 Å². The number of likely N-dealkylation sites (tertiary alicyclic amines) is 1. The minimum atomic E-state index is 0.193. The fourth-order valence-corrected chi connectivity index (χ4v) is 3.31. The van der Waals surface area contributed by atoms with E-state index in [1.54, 1.807) is 14.2 Å². The van der Waals surface area contributed by atoms with Crippen molar-refractivity contribution in [3.8, 4) is 0 Å². The lowest BCUT2D eigenvalue weighted by Crippen LogP contribution is -2.40. The van der Waals surface area contributed by atoms with E-state index in [0.29, 0.717) is 6.04 Å². The average molecular weight is 300 g/mol. The first-order valence-corrected chi connectivity index (χ1v) is 8.76. The first-order chi connectivity index (χ1) is 10.3. The summed E-state index contributed by atoms with van der Waals surface area (Å²) in [6.45, 7) is 4.91. The molecule has 0 spiro atoms. The smallest absolute Gasteiger partial charge is 0.0971 e. The molecule has 1 aliphatic rings. The molecule has 1 saturated heterocycles. The topological polar surface area (TPSA) is 47.7 Å². The molecule has 0 aliphatic carbocycles. The minimum Gasteiger partial charge on any atom is -0.377 e. The molecule has 4 heteroatoms. The third kappa shape index (κ3) is 6.64. The molecule has 1 aliphatic heterocycles. The Bertz CT molecular complexity index is 239. The molecule has 2 N–H and O–H groups in total. The maximum absolute atomic E-state index is 5.98. The maximum atomic E-state index is 5.98. The summed E-state index contributed by atoms with van der Waals surface area (Å²) in [4.78, 5) is 2.46. The largest absolute Gasteiger partial charge is 0.377 e. The van der Waals surface area contributed by atoms with Gasteiger partial charge in [-0.25, -0.2) is 0 Å². The second-order valence-corrected chi connectivity index (χ2v) is 6.30. The summed E-state index contributed by atoms with van der Waals surface area (Å²) in [5.41, 5.74) is 5.98. The van der Waals surface area contributed by atoms with Gasteiger partial charge in [-0.3, -0.25) is 4.90 Å². The molecule has 1 fully saturated rings. The number of nitrogens with two attached hydrogens (primary N) is 1. The first-order valence-electron chi connectivity index (χ1n) is 8.76. The summed E-state index contributed by atoms with van der Waals surface area (Å²) in [7, 11) is 3.54. The van der Waals surface area contributed by atoms with E-state index in [1.807, 2.05) is 0 Å².